The summed E-state index contributed by atoms with van der Waals surface area (Å²) in [6.45, 7) is 1.21. The van der Waals surface area contributed by atoms with E-state index in [-0.39, 0.29) is 17.8 Å². The van der Waals surface area contributed by atoms with Gasteiger partial charge in [0.25, 0.3) is 0 Å². The number of amides is 1. The third kappa shape index (κ3) is 3.50. The Labute approximate surface area is 131 Å². The van der Waals surface area contributed by atoms with Gasteiger partial charge in [-0.1, -0.05) is 18.2 Å². The minimum Gasteiger partial charge on any atom is -0.377 e. The van der Waals surface area contributed by atoms with Gasteiger partial charge in [-0.25, -0.2) is 8.42 Å². The number of hydrogen-bond donors (Lipinski definition) is 0. The van der Waals surface area contributed by atoms with E-state index < -0.39 is 15.6 Å². The van der Waals surface area contributed by atoms with E-state index in [4.69, 9.17) is 4.74 Å². The number of sulfone groups is 1. The molecule has 0 radical (unpaired) electrons. The van der Waals surface area contributed by atoms with Crippen LogP contribution in [0, 0.1) is 0 Å². The van der Waals surface area contributed by atoms with Crippen molar-refractivity contribution in [2.24, 2.45) is 0 Å². The molecule has 1 unspecified atom stereocenters. The molecule has 6 heteroatoms. The molecule has 1 fully saturated rings. The molecule has 22 heavy (non-hydrogen) atoms. The summed E-state index contributed by atoms with van der Waals surface area (Å²) in [4.78, 5) is 14.1. The molecule has 5 nitrogen and oxygen atoms in total. The zero-order valence-electron chi connectivity index (χ0n) is 12.5. The van der Waals surface area contributed by atoms with E-state index in [1.807, 2.05) is 24.3 Å². The van der Waals surface area contributed by atoms with Crippen molar-refractivity contribution in [2.45, 2.75) is 31.8 Å². The lowest BCUT2D eigenvalue weighted by Crippen LogP contribution is -2.40. The molecule has 1 amide bonds. The van der Waals surface area contributed by atoms with Gasteiger partial charge in [-0.2, -0.15) is 0 Å². The highest BCUT2D eigenvalue weighted by molar-refractivity contribution is 7.92. The standard InChI is InChI=1S/C16H21NO4S/c18-16(12-22(19,20)11-14-7-4-10-21-14)17-9-3-6-13-5-1-2-8-15(13)17/h1-2,5,8,14H,3-4,6-7,9-12H2. The molecule has 120 valence electrons. The second-order valence-corrected chi connectivity index (χ2v) is 8.08. The summed E-state index contributed by atoms with van der Waals surface area (Å²) >= 11 is 0. The second kappa shape index (κ2) is 6.38. The Morgan fingerprint density at radius 2 is 2.09 bits per heavy atom. The lowest BCUT2D eigenvalue weighted by atomic mass is 10.0. The largest absolute Gasteiger partial charge is 0.377 e. The van der Waals surface area contributed by atoms with Crippen LogP contribution in [0.4, 0.5) is 5.69 Å². The highest BCUT2D eigenvalue weighted by Crippen LogP contribution is 2.27. The SMILES string of the molecule is O=C(CS(=O)(=O)CC1CCCO1)N1CCCc2ccccc21. The van der Waals surface area contributed by atoms with Gasteiger partial charge in [0.05, 0.1) is 11.9 Å². The maximum absolute atomic E-state index is 12.5. The molecule has 1 aromatic carbocycles. The first-order valence-corrected chi connectivity index (χ1v) is 9.57. The summed E-state index contributed by atoms with van der Waals surface area (Å²) in [5, 5.41) is 0. The van der Waals surface area contributed by atoms with Crippen LogP contribution in [-0.4, -0.2) is 45.1 Å². The normalized spacial score (nSPS) is 21.6. The first kappa shape index (κ1) is 15.5. The highest BCUT2D eigenvalue weighted by Gasteiger charge is 2.29. The number of fused-ring (bicyclic) bond motifs is 1. The first-order valence-electron chi connectivity index (χ1n) is 7.75. The average molecular weight is 323 g/mol. The van der Waals surface area contributed by atoms with E-state index in [9.17, 15) is 13.2 Å². The van der Waals surface area contributed by atoms with Crippen molar-refractivity contribution in [3.63, 3.8) is 0 Å². The second-order valence-electron chi connectivity index (χ2n) is 5.97. The fourth-order valence-corrected chi connectivity index (χ4v) is 4.66. The Balaban J connectivity index is 1.69. The van der Waals surface area contributed by atoms with Crippen LogP contribution in [0.2, 0.25) is 0 Å². The predicted molar refractivity (Wildman–Crippen MR) is 84.7 cm³/mol. The fraction of sp³-hybridized carbons (Fsp3) is 0.562. The number of aryl methyl sites for hydroxylation is 1. The molecular formula is C16H21NO4S. The number of rotatable bonds is 4. The molecule has 0 aromatic heterocycles. The summed E-state index contributed by atoms with van der Waals surface area (Å²) in [6.07, 6.45) is 3.22. The van der Waals surface area contributed by atoms with E-state index >= 15 is 0 Å². The van der Waals surface area contributed by atoms with Crippen molar-refractivity contribution in [1.29, 1.82) is 0 Å². The van der Waals surface area contributed by atoms with Crippen molar-refractivity contribution < 1.29 is 17.9 Å². The van der Waals surface area contributed by atoms with Gasteiger partial charge in [0.1, 0.15) is 5.75 Å². The molecule has 1 aromatic rings. The summed E-state index contributed by atoms with van der Waals surface area (Å²) in [7, 11) is -3.43. The Morgan fingerprint density at radius 3 is 2.86 bits per heavy atom. The monoisotopic (exact) mass is 323 g/mol. The molecule has 0 bridgehead atoms. The van der Waals surface area contributed by atoms with Gasteiger partial charge in [0.2, 0.25) is 5.91 Å². The molecule has 3 rings (SSSR count). The number of nitrogens with zero attached hydrogens (tertiary/aromatic N) is 1. The third-order valence-electron chi connectivity index (χ3n) is 4.22. The number of hydrogen-bond acceptors (Lipinski definition) is 4. The van der Waals surface area contributed by atoms with Crippen molar-refractivity contribution in [3.8, 4) is 0 Å². The van der Waals surface area contributed by atoms with Crippen LogP contribution >= 0.6 is 0 Å². The quantitative estimate of drug-likeness (QED) is 0.843. The maximum atomic E-state index is 12.5. The Bertz CT molecular complexity index is 650. The summed E-state index contributed by atoms with van der Waals surface area (Å²) in [5.74, 6) is -0.805. The molecule has 0 aliphatic carbocycles. The van der Waals surface area contributed by atoms with Crippen LogP contribution in [0.1, 0.15) is 24.8 Å². The lowest BCUT2D eigenvalue weighted by molar-refractivity contribution is -0.116. The number of para-hydroxylation sites is 1. The van der Waals surface area contributed by atoms with Crippen molar-refractivity contribution in [1.82, 2.24) is 0 Å². The highest BCUT2D eigenvalue weighted by atomic mass is 32.2. The predicted octanol–water partition coefficient (Wildman–Crippen LogP) is 1.56. The molecule has 2 heterocycles. The fourth-order valence-electron chi connectivity index (χ4n) is 3.18. The Kier molecular flexibility index (Phi) is 4.49. The van der Waals surface area contributed by atoms with Crippen LogP contribution in [0.3, 0.4) is 0 Å². The smallest absolute Gasteiger partial charge is 0.242 e. The van der Waals surface area contributed by atoms with Crippen molar-refractivity contribution in [3.05, 3.63) is 29.8 Å². The van der Waals surface area contributed by atoms with Crippen molar-refractivity contribution in [2.75, 3.05) is 29.6 Å². The van der Waals surface area contributed by atoms with Gasteiger partial charge in [0, 0.05) is 18.8 Å². The van der Waals surface area contributed by atoms with E-state index in [0.717, 1.165) is 36.9 Å². The Morgan fingerprint density at radius 1 is 1.27 bits per heavy atom. The zero-order valence-corrected chi connectivity index (χ0v) is 13.3. The number of anilines is 1. The summed E-state index contributed by atoms with van der Waals surface area (Å²) < 4.78 is 29.8. The molecule has 1 saturated heterocycles. The van der Waals surface area contributed by atoms with Gasteiger partial charge >= 0.3 is 0 Å². The molecule has 0 saturated carbocycles. The molecule has 2 aliphatic heterocycles. The maximum Gasteiger partial charge on any atom is 0.242 e. The van der Waals surface area contributed by atoms with Crippen LogP contribution < -0.4 is 4.90 Å². The zero-order chi connectivity index (χ0) is 15.6. The van der Waals surface area contributed by atoms with Crippen molar-refractivity contribution >= 4 is 21.4 Å². The van der Waals surface area contributed by atoms with Gasteiger partial charge in [-0.3, -0.25) is 4.79 Å². The Hall–Kier alpha value is -1.40. The van der Waals surface area contributed by atoms with Gasteiger partial charge < -0.3 is 9.64 Å². The number of carbonyl (C=O) groups excluding carboxylic acids is 1. The number of benzene rings is 1. The van der Waals surface area contributed by atoms with Gasteiger partial charge in [-0.05, 0) is 37.3 Å². The minimum absolute atomic E-state index is 0.0474. The van der Waals surface area contributed by atoms with E-state index in [0.29, 0.717) is 13.2 Å². The van der Waals surface area contributed by atoms with E-state index in [1.165, 1.54) is 0 Å². The summed E-state index contributed by atoms with van der Waals surface area (Å²) in [5.41, 5.74) is 1.96. The third-order valence-corrected chi connectivity index (χ3v) is 5.78. The molecule has 0 spiro atoms. The number of ether oxygens (including phenoxy) is 1. The molecule has 0 N–H and O–H groups in total. The van der Waals surface area contributed by atoms with Gasteiger partial charge in [0.15, 0.2) is 9.84 Å². The van der Waals surface area contributed by atoms with Crippen LogP contribution in [0.25, 0.3) is 0 Å². The molecule has 2 aliphatic rings. The summed E-state index contributed by atoms with van der Waals surface area (Å²) in [6, 6.07) is 7.71. The van der Waals surface area contributed by atoms with Crippen LogP contribution in [0.15, 0.2) is 24.3 Å². The van der Waals surface area contributed by atoms with Crippen LogP contribution in [-0.2, 0) is 25.8 Å². The van der Waals surface area contributed by atoms with E-state index in [1.54, 1.807) is 4.90 Å². The number of carbonyl (C=O) groups is 1. The lowest BCUT2D eigenvalue weighted by Gasteiger charge is -2.29. The first-order chi connectivity index (χ1) is 10.6. The minimum atomic E-state index is -3.43. The topological polar surface area (TPSA) is 63.7 Å². The average Bonchev–Trinajstić information content (AvgIpc) is 2.98. The molecular weight excluding hydrogens is 302 g/mol. The van der Waals surface area contributed by atoms with E-state index in [2.05, 4.69) is 0 Å². The van der Waals surface area contributed by atoms with Gasteiger partial charge in [-0.15, -0.1) is 0 Å². The van der Waals surface area contributed by atoms with Crippen LogP contribution in [0.5, 0.6) is 0 Å². The molecule has 1 atom stereocenters.